The Bertz CT molecular complexity index is 1130. The number of hydrogen-bond acceptors (Lipinski definition) is 5. The molecule has 0 unspecified atom stereocenters. The van der Waals surface area contributed by atoms with Crippen LogP contribution in [0.3, 0.4) is 0 Å². The minimum Gasteiger partial charge on any atom is -0.497 e. The predicted octanol–water partition coefficient (Wildman–Crippen LogP) is 4.94. The van der Waals surface area contributed by atoms with Gasteiger partial charge in [-0.05, 0) is 42.3 Å². The third-order valence-corrected chi connectivity index (χ3v) is 5.39. The molecule has 0 fully saturated rings. The van der Waals surface area contributed by atoms with Gasteiger partial charge in [-0.25, -0.2) is 13.8 Å². The second-order valence-electron chi connectivity index (χ2n) is 7.37. The van der Waals surface area contributed by atoms with E-state index in [0.717, 1.165) is 46.6 Å². The maximum absolute atomic E-state index is 14.4. The van der Waals surface area contributed by atoms with Crippen molar-refractivity contribution in [1.82, 2.24) is 4.98 Å². The van der Waals surface area contributed by atoms with Gasteiger partial charge < -0.3 is 20.7 Å². The van der Waals surface area contributed by atoms with Crippen molar-refractivity contribution in [2.24, 2.45) is 0 Å². The van der Waals surface area contributed by atoms with Crippen LogP contribution in [-0.4, -0.2) is 25.2 Å². The summed E-state index contributed by atoms with van der Waals surface area (Å²) in [6.07, 6.45) is 3.65. The van der Waals surface area contributed by atoms with Gasteiger partial charge in [0.05, 0.1) is 12.8 Å². The van der Waals surface area contributed by atoms with E-state index in [1.807, 2.05) is 43.3 Å². The van der Waals surface area contributed by atoms with Crippen LogP contribution in [0, 0.1) is 11.6 Å². The average molecular weight is 422 g/mol. The second-order valence-corrected chi connectivity index (χ2v) is 7.37. The molecule has 1 aliphatic heterocycles. The second kappa shape index (κ2) is 8.63. The largest absolute Gasteiger partial charge is 0.497 e. The molecule has 0 atom stereocenters. The van der Waals surface area contributed by atoms with E-state index in [4.69, 9.17) is 10.5 Å². The zero-order valence-corrected chi connectivity index (χ0v) is 17.5. The highest BCUT2D eigenvalue weighted by Crippen LogP contribution is 2.35. The molecule has 7 heteroatoms. The van der Waals surface area contributed by atoms with E-state index in [0.29, 0.717) is 18.7 Å². The molecule has 0 radical (unpaired) electrons. The first-order valence-corrected chi connectivity index (χ1v) is 10.1. The van der Waals surface area contributed by atoms with Crippen LogP contribution in [-0.2, 0) is 6.54 Å². The van der Waals surface area contributed by atoms with E-state index in [1.165, 1.54) is 6.07 Å². The number of aromatic nitrogens is 1. The lowest BCUT2D eigenvalue weighted by Crippen LogP contribution is -2.28. The Balaban J connectivity index is 1.59. The number of ether oxygens (including phenoxy) is 1. The van der Waals surface area contributed by atoms with Crippen molar-refractivity contribution in [3.8, 4) is 5.75 Å². The van der Waals surface area contributed by atoms with Crippen molar-refractivity contribution in [2.45, 2.75) is 13.5 Å². The molecule has 1 aliphatic rings. The number of halogens is 2. The van der Waals surface area contributed by atoms with Gasteiger partial charge in [-0.3, -0.25) is 0 Å². The van der Waals surface area contributed by atoms with Crippen LogP contribution >= 0.6 is 0 Å². The van der Waals surface area contributed by atoms with Crippen molar-refractivity contribution < 1.29 is 13.5 Å². The molecule has 31 heavy (non-hydrogen) atoms. The number of nitrogens with two attached hydrogens (primary N) is 1. The summed E-state index contributed by atoms with van der Waals surface area (Å²) < 4.78 is 33.2. The summed E-state index contributed by atoms with van der Waals surface area (Å²) in [6, 6.07) is 12.0. The molecule has 0 saturated carbocycles. The number of fused-ring (bicyclic) bond motifs is 1. The summed E-state index contributed by atoms with van der Waals surface area (Å²) in [6.45, 7) is 3.88. The first-order valence-electron chi connectivity index (χ1n) is 10.1. The van der Waals surface area contributed by atoms with E-state index < -0.39 is 11.6 Å². The Kier molecular flexibility index (Phi) is 5.75. The fraction of sp³-hybridized carbons (Fsp3) is 0.208. The lowest BCUT2D eigenvalue weighted by atomic mass is 9.97. The monoisotopic (exact) mass is 422 g/mol. The zero-order valence-electron chi connectivity index (χ0n) is 17.5. The SMILES string of the molecule is CCN1CC(c2cc(N)c(F)cc2F)=Cc2cnc(NCc3ccc(OC)cc3)cc21. The fourth-order valence-corrected chi connectivity index (χ4v) is 3.65. The van der Waals surface area contributed by atoms with Gasteiger partial charge in [0.15, 0.2) is 0 Å². The van der Waals surface area contributed by atoms with Crippen molar-refractivity contribution in [2.75, 3.05) is 36.1 Å². The number of benzene rings is 2. The number of likely N-dealkylation sites (N-methyl/N-ethyl adjacent to an activating group) is 1. The molecule has 0 bridgehead atoms. The summed E-state index contributed by atoms with van der Waals surface area (Å²) in [5.41, 5.74) is 9.64. The predicted molar refractivity (Wildman–Crippen MR) is 121 cm³/mol. The molecule has 1 aromatic heterocycles. The Morgan fingerprint density at radius 2 is 1.90 bits per heavy atom. The van der Waals surface area contributed by atoms with Crippen molar-refractivity contribution >= 4 is 28.8 Å². The maximum atomic E-state index is 14.4. The molecule has 5 nitrogen and oxygen atoms in total. The Hall–Kier alpha value is -3.61. The standard InChI is InChI=1S/C24H24F2N4O/c1-3-30-14-17(19-9-22(27)21(26)10-20(19)25)8-16-13-29-24(11-23(16)30)28-12-15-4-6-18(31-2)7-5-15/h4-11,13H,3,12,14,27H2,1-2H3,(H,28,29). The Morgan fingerprint density at radius 1 is 1.13 bits per heavy atom. The maximum Gasteiger partial charge on any atom is 0.149 e. The molecule has 4 rings (SSSR count). The zero-order chi connectivity index (χ0) is 22.0. The summed E-state index contributed by atoms with van der Waals surface area (Å²) in [7, 11) is 1.64. The van der Waals surface area contributed by atoms with Crippen LogP contribution in [0.4, 0.5) is 26.0 Å². The molecular weight excluding hydrogens is 398 g/mol. The minimum absolute atomic E-state index is 0.0673. The molecular formula is C24H24F2N4O. The van der Waals surface area contributed by atoms with Crippen molar-refractivity contribution in [3.63, 3.8) is 0 Å². The van der Waals surface area contributed by atoms with E-state index in [-0.39, 0.29) is 5.69 Å². The van der Waals surface area contributed by atoms with Gasteiger partial charge in [-0.15, -0.1) is 0 Å². The van der Waals surface area contributed by atoms with E-state index >= 15 is 0 Å². The van der Waals surface area contributed by atoms with Gasteiger partial charge in [0.25, 0.3) is 0 Å². The first-order chi connectivity index (χ1) is 15.0. The molecule has 0 spiro atoms. The van der Waals surface area contributed by atoms with Crippen LogP contribution < -0.4 is 20.7 Å². The van der Waals surface area contributed by atoms with Gasteiger partial charge in [-0.1, -0.05) is 12.1 Å². The van der Waals surface area contributed by atoms with Crippen molar-refractivity contribution in [1.29, 1.82) is 0 Å². The number of rotatable bonds is 6. The van der Waals surface area contributed by atoms with Crippen LogP contribution in [0.5, 0.6) is 5.75 Å². The fourth-order valence-electron chi connectivity index (χ4n) is 3.65. The first kappa shape index (κ1) is 20.7. The van der Waals surface area contributed by atoms with E-state index in [2.05, 4.69) is 15.2 Å². The van der Waals surface area contributed by atoms with Gasteiger partial charge in [0.2, 0.25) is 0 Å². The van der Waals surface area contributed by atoms with Gasteiger partial charge in [-0.2, -0.15) is 0 Å². The number of nitrogens with one attached hydrogen (secondary N) is 1. The molecule has 0 aliphatic carbocycles. The molecule has 2 aromatic carbocycles. The topological polar surface area (TPSA) is 63.4 Å². The highest BCUT2D eigenvalue weighted by Gasteiger charge is 2.21. The summed E-state index contributed by atoms with van der Waals surface area (Å²) in [5.74, 6) is 0.195. The number of nitrogens with zero attached hydrogens (tertiary/aromatic N) is 2. The number of nitrogen functional groups attached to an aromatic ring is 1. The van der Waals surface area contributed by atoms with Crippen LogP contribution in [0.1, 0.15) is 23.6 Å². The highest BCUT2D eigenvalue weighted by atomic mass is 19.1. The third-order valence-electron chi connectivity index (χ3n) is 5.39. The van der Waals surface area contributed by atoms with Crippen LogP contribution in [0.2, 0.25) is 0 Å². The van der Waals surface area contributed by atoms with E-state index in [9.17, 15) is 8.78 Å². The van der Waals surface area contributed by atoms with Gasteiger partial charge in [0.1, 0.15) is 23.2 Å². The average Bonchev–Trinajstić information content (AvgIpc) is 2.79. The smallest absolute Gasteiger partial charge is 0.149 e. The molecule has 3 N–H and O–H groups in total. The summed E-state index contributed by atoms with van der Waals surface area (Å²) in [4.78, 5) is 6.64. The van der Waals surface area contributed by atoms with Crippen molar-refractivity contribution in [3.05, 3.63) is 77.0 Å². The minimum atomic E-state index is -0.750. The number of methoxy groups -OCH3 is 1. The number of hydrogen-bond donors (Lipinski definition) is 2. The lowest BCUT2D eigenvalue weighted by molar-refractivity contribution is 0.414. The molecule has 3 aromatic rings. The molecule has 160 valence electrons. The Labute approximate surface area is 180 Å². The molecule has 0 saturated heterocycles. The Morgan fingerprint density at radius 3 is 2.61 bits per heavy atom. The molecule has 0 amide bonds. The molecule has 2 heterocycles. The van der Waals surface area contributed by atoms with Gasteiger partial charge in [0, 0.05) is 54.8 Å². The van der Waals surface area contributed by atoms with Crippen LogP contribution in [0.15, 0.2) is 48.7 Å². The third kappa shape index (κ3) is 4.30. The highest BCUT2D eigenvalue weighted by molar-refractivity contribution is 5.92. The quantitative estimate of drug-likeness (QED) is 0.551. The van der Waals surface area contributed by atoms with Gasteiger partial charge >= 0.3 is 0 Å². The van der Waals surface area contributed by atoms with Crippen LogP contribution in [0.25, 0.3) is 11.6 Å². The summed E-state index contributed by atoms with van der Waals surface area (Å²) >= 11 is 0. The normalized spacial score (nSPS) is 12.9. The number of anilines is 3. The lowest BCUT2D eigenvalue weighted by Gasteiger charge is -2.31. The number of pyridine rings is 1. The summed E-state index contributed by atoms with van der Waals surface area (Å²) in [5, 5.41) is 3.34. The van der Waals surface area contributed by atoms with E-state index in [1.54, 1.807) is 13.3 Å².